The Hall–Kier alpha value is -0.570. The van der Waals surface area contributed by atoms with Crippen molar-refractivity contribution < 1.29 is 9.90 Å². The van der Waals surface area contributed by atoms with Gasteiger partial charge in [-0.15, -0.1) is 0 Å². The van der Waals surface area contributed by atoms with Gasteiger partial charge in [0.2, 0.25) is 5.91 Å². The Bertz CT molecular complexity index is 170. The van der Waals surface area contributed by atoms with E-state index in [0.29, 0.717) is 5.92 Å². The van der Waals surface area contributed by atoms with E-state index in [9.17, 15) is 4.79 Å². The molecule has 1 aliphatic heterocycles. The molecule has 3 nitrogen and oxygen atoms in total. The summed E-state index contributed by atoms with van der Waals surface area (Å²) in [7, 11) is 0. The zero-order valence-electron chi connectivity index (χ0n) is 7.79. The minimum atomic E-state index is -0.227. The van der Waals surface area contributed by atoms with E-state index >= 15 is 0 Å². The molecule has 12 heavy (non-hydrogen) atoms. The van der Waals surface area contributed by atoms with Gasteiger partial charge in [0.25, 0.3) is 0 Å². The van der Waals surface area contributed by atoms with Crippen LogP contribution < -0.4 is 0 Å². The SMILES string of the molecule is CC1CCN(C(=O)C(C)CO)C1. The predicted molar refractivity (Wildman–Crippen MR) is 46.6 cm³/mol. The first kappa shape index (κ1) is 9.52. The van der Waals surface area contributed by atoms with Crippen LogP contribution in [0.2, 0.25) is 0 Å². The molecule has 1 rings (SSSR count). The quantitative estimate of drug-likeness (QED) is 0.656. The lowest BCUT2D eigenvalue weighted by molar-refractivity contribution is -0.135. The van der Waals surface area contributed by atoms with E-state index in [1.165, 1.54) is 0 Å². The molecule has 2 atom stereocenters. The number of likely N-dealkylation sites (tertiary alicyclic amines) is 1. The van der Waals surface area contributed by atoms with E-state index in [0.717, 1.165) is 19.5 Å². The number of hydrogen-bond acceptors (Lipinski definition) is 2. The molecule has 0 aliphatic carbocycles. The number of carbonyl (C=O) groups is 1. The fraction of sp³-hybridized carbons (Fsp3) is 0.889. The van der Waals surface area contributed by atoms with Crippen molar-refractivity contribution in [2.75, 3.05) is 19.7 Å². The molecule has 2 unspecified atom stereocenters. The number of carbonyl (C=O) groups excluding carboxylic acids is 1. The molecule has 1 N–H and O–H groups in total. The second kappa shape index (κ2) is 3.90. The Morgan fingerprint density at radius 2 is 2.42 bits per heavy atom. The Balaban J connectivity index is 2.43. The molecule has 1 amide bonds. The molecule has 1 aliphatic rings. The highest BCUT2D eigenvalue weighted by molar-refractivity contribution is 5.78. The number of aliphatic hydroxyl groups is 1. The van der Waals surface area contributed by atoms with Crippen LogP contribution in [0.3, 0.4) is 0 Å². The Morgan fingerprint density at radius 1 is 1.75 bits per heavy atom. The van der Waals surface area contributed by atoms with Crippen LogP contribution in [0.5, 0.6) is 0 Å². The molecule has 3 heteroatoms. The zero-order valence-corrected chi connectivity index (χ0v) is 7.79. The lowest BCUT2D eigenvalue weighted by Crippen LogP contribution is -2.34. The molecule has 1 saturated heterocycles. The van der Waals surface area contributed by atoms with E-state index in [1.54, 1.807) is 6.92 Å². The predicted octanol–water partition coefficient (Wildman–Crippen LogP) is 0.483. The van der Waals surface area contributed by atoms with Gasteiger partial charge in [0.15, 0.2) is 0 Å². The average Bonchev–Trinajstić information content (AvgIpc) is 2.49. The fourth-order valence-corrected chi connectivity index (χ4v) is 1.52. The van der Waals surface area contributed by atoms with Gasteiger partial charge in [-0.2, -0.15) is 0 Å². The summed E-state index contributed by atoms with van der Waals surface area (Å²) in [5.74, 6) is 0.497. The van der Waals surface area contributed by atoms with Crippen molar-refractivity contribution in [2.45, 2.75) is 20.3 Å². The molecule has 0 radical (unpaired) electrons. The van der Waals surface area contributed by atoms with Gasteiger partial charge in [-0.05, 0) is 12.3 Å². The molecule has 0 aromatic carbocycles. The van der Waals surface area contributed by atoms with Crippen molar-refractivity contribution in [3.05, 3.63) is 0 Å². The number of aliphatic hydroxyl groups excluding tert-OH is 1. The number of rotatable bonds is 2. The summed E-state index contributed by atoms with van der Waals surface area (Å²) in [4.78, 5) is 13.3. The third-order valence-corrected chi connectivity index (χ3v) is 2.43. The van der Waals surface area contributed by atoms with Crippen LogP contribution in [0.4, 0.5) is 0 Å². The topological polar surface area (TPSA) is 40.5 Å². The van der Waals surface area contributed by atoms with Gasteiger partial charge in [0.1, 0.15) is 0 Å². The normalized spacial score (nSPS) is 25.9. The minimum Gasteiger partial charge on any atom is -0.396 e. The average molecular weight is 171 g/mol. The van der Waals surface area contributed by atoms with Gasteiger partial charge in [-0.3, -0.25) is 4.79 Å². The van der Waals surface area contributed by atoms with E-state index < -0.39 is 0 Å². The van der Waals surface area contributed by atoms with Crippen molar-refractivity contribution in [1.82, 2.24) is 4.90 Å². The van der Waals surface area contributed by atoms with Crippen molar-refractivity contribution >= 4 is 5.91 Å². The van der Waals surface area contributed by atoms with Crippen LogP contribution in [0.1, 0.15) is 20.3 Å². The molecule has 0 aromatic heterocycles. The number of hydrogen-bond donors (Lipinski definition) is 1. The molecule has 0 saturated carbocycles. The van der Waals surface area contributed by atoms with Crippen molar-refractivity contribution in [2.24, 2.45) is 11.8 Å². The van der Waals surface area contributed by atoms with Crippen LogP contribution in [-0.2, 0) is 4.79 Å². The summed E-state index contributed by atoms with van der Waals surface area (Å²) in [6.07, 6.45) is 1.10. The fourth-order valence-electron chi connectivity index (χ4n) is 1.52. The Kier molecular flexibility index (Phi) is 3.09. The lowest BCUT2D eigenvalue weighted by Gasteiger charge is -2.19. The molecule has 70 valence electrons. The highest BCUT2D eigenvalue weighted by atomic mass is 16.3. The monoisotopic (exact) mass is 171 g/mol. The van der Waals surface area contributed by atoms with Crippen LogP contribution >= 0.6 is 0 Å². The van der Waals surface area contributed by atoms with Crippen LogP contribution in [-0.4, -0.2) is 35.6 Å². The van der Waals surface area contributed by atoms with E-state index in [-0.39, 0.29) is 18.4 Å². The molecule has 1 heterocycles. The molecule has 0 bridgehead atoms. The van der Waals surface area contributed by atoms with Crippen molar-refractivity contribution in [3.8, 4) is 0 Å². The second-order valence-corrected chi connectivity index (χ2v) is 3.76. The first-order valence-electron chi connectivity index (χ1n) is 4.54. The van der Waals surface area contributed by atoms with E-state index in [2.05, 4.69) is 6.92 Å². The van der Waals surface area contributed by atoms with Crippen LogP contribution in [0.25, 0.3) is 0 Å². The summed E-state index contributed by atoms with van der Waals surface area (Å²) >= 11 is 0. The van der Waals surface area contributed by atoms with Crippen LogP contribution in [0, 0.1) is 11.8 Å². The first-order valence-corrected chi connectivity index (χ1v) is 4.54. The van der Waals surface area contributed by atoms with Crippen molar-refractivity contribution in [3.63, 3.8) is 0 Å². The summed E-state index contributed by atoms with van der Waals surface area (Å²) in [6, 6.07) is 0. The summed E-state index contributed by atoms with van der Waals surface area (Å²) in [5, 5.41) is 8.78. The maximum atomic E-state index is 11.5. The summed E-state index contributed by atoms with van der Waals surface area (Å²) in [6.45, 7) is 5.61. The smallest absolute Gasteiger partial charge is 0.227 e. The maximum absolute atomic E-state index is 11.5. The van der Waals surface area contributed by atoms with Gasteiger partial charge in [-0.1, -0.05) is 13.8 Å². The van der Waals surface area contributed by atoms with Gasteiger partial charge in [0, 0.05) is 13.1 Å². The summed E-state index contributed by atoms with van der Waals surface area (Å²) in [5.41, 5.74) is 0. The van der Waals surface area contributed by atoms with Crippen LogP contribution in [0.15, 0.2) is 0 Å². The molecule has 0 spiro atoms. The molecule has 1 fully saturated rings. The standard InChI is InChI=1S/C9H17NO2/c1-7-3-4-10(5-7)9(12)8(2)6-11/h7-8,11H,3-6H2,1-2H3. The third kappa shape index (κ3) is 1.97. The lowest BCUT2D eigenvalue weighted by atomic mass is 10.1. The summed E-state index contributed by atoms with van der Waals surface area (Å²) < 4.78 is 0. The molecule has 0 aromatic rings. The van der Waals surface area contributed by atoms with Crippen molar-refractivity contribution in [1.29, 1.82) is 0 Å². The minimum absolute atomic E-state index is 0.0380. The molecular weight excluding hydrogens is 154 g/mol. The second-order valence-electron chi connectivity index (χ2n) is 3.76. The third-order valence-electron chi connectivity index (χ3n) is 2.43. The van der Waals surface area contributed by atoms with Gasteiger partial charge in [-0.25, -0.2) is 0 Å². The maximum Gasteiger partial charge on any atom is 0.227 e. The highest BCUT2D eigenvalue weighted by Gasteiger charge is 2.25. The highest BCUT2D eigenvalue weighted by Crippen LogP contribution is 2.17. The first-order chi connectivity index (χ1) is 5.65. The van der Waals surface area contributed by atoms with Gasteiger partial charge >= 0.3 is 0 Å². The Labute approximate surface area is 73.4 Å². The number of amides is 1. The largest absolute Gasteiger partial charge is 0.396 e. The van der Waals surface area contributed by atoms with E-state index in [4.69, 9.17) is 5.11 Å². The van der Waals surface area contributed by atoms with E-state index in [1.807, 2.05) is 4.90 Å². The van der Waals surface area contributed by atoms with Gasteiger partial charge in [0.05, 0.1) is 12.5 Å². The number of nitrogens with zero attached hydrogens (tertiary/aromatic N) is 1. The zero-order chi connectivity index (χ0) is 9.14. The van der Waals surface area contributed by atoms with Gasteiger partial charge < -0.3 is 10.0 Å². The molecular formula is C9H17NO2. The Morgan fingerprint density at radius 3 is 2.83 bits per heavy atom.